The van der Waals surface area contributed by atoms with Crippen LogP contribution in [0.15, 0.2) is 12.1 Å². The van der Waals surface area contributed by atoms with Crippen LogP contribution in [0.25, 0.3) is 0 Å². The van der Waals surface area contributed by atoms with Gasteiger partial charge in [0.25, 0.3) is 0 Å². The van der Waals surface area contributed by atoms with Gasteiger partial charge in [0.05, 0.1) is 0 Å². The highest BCUT2D eigenvalue weighted by Crippen LogP contribution is 2.25. The lowest BCUT2D eigenvalue weighted by atomic mass is 10.0. The van der Waals surface area contributed by atoms with Crippen molar-refractivity contribution in [2.45, 2.75) is 13.0 Å². The Labute approximate surface area is 111 Å². The number of hydrogen-bond donors (Lipinski definition) is 1. The second-order valence-corrected chi connectivity index (χ2v) is 4.25. The van der Waals surface area contributed by atoms with Gasteiger partial charge in [-0.2, -0.15) is 0 Å². The van der Waals surface area contributed by atoms with E-state index in [0.29, 0.717) is 6.07 Å². The van der Waals surface area contributed by atoms with Gasteiger partial charge < -0.3 is 5.32 Å². The lowest BCUT2D eigenvalue weighted by Crippen LogP contribution is -2.44. The predicted octanol–water partition coefficient (Wildman–Crippen LogP) is 2.49. The van der Waals surface area contributed by atoms with Crippen LogP contribution in [-0.4, -0.2) is 31.1 Å². The zero-order valence-corrected chi connectivity index (χ0v) is 10.9. The number of piperazine rings is 1. The highest BCUT2D eigenvalue weighted by atomic mass is 35.5. The predicted molar refractivity (Wildman–Crippen MR) is 66.4 cm³/mol. The molecule has 0 unspecified atom stereocenters. The zero-order valence-electron chi connectivity index (χ0n) is 10.0. The summed E-state index contributed by atoms with van der Waals surface area (Å²) in [6, 6.07) is 1.33. The summed E-state index contributed by atoms with van der Waals surface area (Å²) in [6.45, 7) is 4.88. The quantitative estimate of drug-likeness (QED) is 0.838. The van der Waals surface area contributed by atoms with Gasteiger partial charge in [-0.05, 0) is 13.0 Å². The summed E-state index contributed by atoms with van der Waals surface area (Å²) in [6.07, 6.45) is 0. The van der Waals surface area contributed by atoms with E-state index in [0.717, 1.165) is 32.2 Å². The Morgan fingerprint density at radius 2 is 1.78 bits per heavy atom. The van der Waals surface area contributed by atoms with Crippen LogP contribution >= 0.6 is 12.4 Å². The van der Waals surface area contributed by atoms with Crippen molar-refractivity contribution in [2.24, 2.45) is 0 Å². The first-order chi connectivity index (χ1) is 8.09. The molecule has 1 saturated heterocycles. The van der Waals surface area contributed by atoms with Gasteiger partial charge in [-0.15, -0.1) is 12.4 Å². The Hall–Kier alpha value is -0.780. The molecule has 1 heterocycles. The molecule has 1 aromatic carbocycles. The van der Waals surface area contributed by atoms with Crippen molar-refractivity contribution in [3.05, 3.63) is 35.1 Å². The van der Waals surface area contributed by atoms with Crippen molar-refractivity contribution >= 4 is 12.4 Å². The summed E-state index contributed by atoms with van der Waals surface area (Å²) in [5.74, 6) is -2.81. The first-order valence-electron chi connectivity index (χ1n) is 5.69. The lowest BCUT2D eigenvalue weighted by Gasteiger charge is -2.33. The summed E-state index contributed by atoms with van der Waals surface area (Å²) < 4.78 is 39.8. The van der Waals surface area contributed by atoms with Crippen LogP contribution in [0.5, 0.6) is 0 Å². The van der Waals surface area contributed by atoms with Gasteiger partial charge >= 0.3 is 0 Å². The van der Waals surface area contributed by atoms with E-state index in [9.17, 15) is 13.2 Å². The van der Waals surface area contributed by atoms with Gasteiger partial charge in [-0.25, -0.2) is 13.2 Å². The molecule has 1 aliphatic rings. The van der Waals surface area contributed by atoms with Crippen LogP contribution in [-0.2, 0) is 0 Å². The number of benzene rings is 1. The first kappa shape index (κ1) is 15.3. The minimum Gasteiger partial charge on any atom is -0.314 e. The third kappa shape index (κ3) is 3.16. The Balaban J connectivity index is 0.00000162. The highest BCUT2D eigenvalue weighted by molar-refractivity contribution is 5.85. The summed E-state index contributed by atoms with van der Waals surface area (Å²) >= 11 is 0. The van der Waals surface area contributed by atoms with E-state index in [-0.39, 0.29) is 24.0 Å². The maximum Gasteiger partial charge on any atom is 0.163 e. The normalized spacial score (nSPS) is 18.2. The smallest absolute Gasteiger partial charge is 0.163 e. The van der Waals surface area contributed by atoms with Crippen LogP contribution in [0.1, 0.15) is 18.5 Å². The molecule has 6 heteroatoms. The minimum absolute atomic E-state index is 0. The molecule has 1 aliphatic heterocycles. The number of nitrogens with zero attached hydrogens (tertiary/aromatic N) is 1. The second-order valence-electron chi connectivity index (χ2n) is 4.25. The van der Waals surface area contributed by atoms with Gasteiger partial charge in [0, 0.05) is 43.9 Å². The monoisotopic (exact) mass is 280 g/mol. The fourth-order valence-corrected chi connectivity index (χ4v) is 2.15. The molecule has 1 fully saturated rings. The third-order valence-corrected chi connectivity index (χ3v) is 3.17. The molecule has 2 rings (SSSR count). The van der Waals surface area contributed by atoms with E-state index < -0.39 is 17.5 Å². The average molecular weight is 281 g/mol. The SMILES string of the molecule is C[C@@H](c1cc(F)cc(F)c1F)N1CCNCC1.Cl. The van der Waals surface area contributed by atoms with Crippen molar-refractivity contribution in [1.82, 2.24) is 10.2 Å². The number of nitrogens with one attached hydrogen (secondary N) is 1. The standard InChI is InChI=1S/C12H15F3N2.ClH/c1-8(17-4-2-16-3-5-17)10-6-9(13)7-11(14)12(10)15;/h6-8,16H,2-5H2,1H3;1H/t8-;/m0./s1. The summed E-state index contributed by atoms with van der Waals surface area (Å²) in [4.78, 5) is 2.01. The third-order valence-electron chi connectivity index (χ3n) is 3.17. The van der Waals surface area contributed by atoms with E-state index in [4.69, 9.17) is 0 Å². The van der Waals surface area contributed by atoms with Crippen LogP contribution < -0.4 is 5.32 Å². The molecule has 18 heavy (non-hydrogen) atoms. The van der Waals surface area contributed by atoms with E-state index in [1.807, 2.05) is 4.90 Å². The molecular weight excluding hydrogens is 265 g/mol. The van der Waals surface area contributed by atoms with Crippen molar-refractivity contribution in [3.8, 4) is 0 Å². The van der Waals surface area contributed by atoms with Gasteiger partial charge in [-0.1, -0.05) is 0 Å². The van der Waals surface area contributed by atoms with Gasteiger partial charge in [0.2, 0.25) is 0 Å². The van der Waals surface area contributed by atoms with Crippen molar-refractivity contribution in [2.75, 3.05) is 26.2 Å². The Bertz CT molecular complexity index is 409. The molecule has 0 saturated carbocycles. The maximum absolute atomic E-state index is 13.6. The van der Waals surface area contributed by atoms with E-state index in [1.165, 1.54) is 0 Å². The number of hydrogen-bond acceptors (Lipinski definition) is 2. The molecule has 1 N–H and O–H groups in total. The molecule has 0 amide bonds. The van der Waals surface area contributed by atoms with E-state index >= 15 is 0 Å². The van der Waals surface area contributed by atoms with Crippen molar-refractivity contribution in [3.63, 3.8) is 0 Å². The lowest BCUT2D eigenvalue weighted by molar-refractivity contribution is 0.181. The van der Waals surface area contributed by atoms with Gasteiger partial charge in [0.1, 0.15) is 5.82 Å². The number of halogens is 4. The maximum atomic E-state index is 13.6. The van der Waals surface area contributed by atoms with E-state index in [1.54, 1.807) is 6.92 Å². The fraction of sp³-hybridized carbons (Fsp3) is 0.500. The zero-order chi connectivity index (χ0) is 12.4. The molecule has 1 aromatic rings. The topological polar surface area (TPSA) is 15.3 Å². The molecule has 0 aliphatic carbocycles. The van der Waals surface area contributed by atoms with Gasteiger partial charge in [0.15, 0.2) is 11.6 Å². The average Bonchev–Trinajstić information content (AvgIpc) is 2.34. The highest BCUT2D eigenvalue weighted by Gasteiger charge is 2.23. The van der Waals surface area contributed by atoms with Gasteiger partial charge in [-0.3, -0.25) is 4.90 Å². The first-order valence-corrected chi connectivity index (χ1v) is 5.69. The van der Waals surface area contributed by atoms with Crippen molar-refractivity contribution < 1.29 is 13.2 Å². The van der Waals surface area contributed by atoms with Crippen LogP contribution in [0.3, 0.4) is 0 Å². The molecule has 2 nitrogen and oxygen atoms in total. The largest absolute Gasteiger partial charge is 0.314 e. The Morgan fingerprint density at radius 1 is 1.17 bits per heavy atom. The molecular formula is C12H16ClF3N2. The van der Waals surface area contributed by atoms with E-state index in [2.05, 4.69) is 5.32 Å². The van der Waals surface area contributed by atoms with Crippen LogP contribution in [0.2, 0.25) is 0 Å². The molecule has 1 atom stereocenters. The summed E-state index contributed by atoms with van der Waals surface area (Å²) in [7, 11) is 0. The molecule has 0 spiro atoms. The van der Waals surface area contributed by atoms with Crippen LogP contribution in [0.4, 0.5) is 13.2 Å². The Morgan fingerprint density at radius 3 is 2.39 bits per heavy atom. The van der Waals surface area contributed by atoms with Crippen LogP contribution in [0, 0.1) is 17.5 Å². The molecule has 0 aromatic heterocycles. The second kappa shape index (κ2) is 6.41. The minimum atomic E-state index is -1.12. The van der Waals surface area contributed by atoms with Crippen molar-refractivity contribution in [1.29, 1.82) is 0 Å². The number of rotatable bonds is 2. The molecule has 0 radical (unpaired) electrons. The summed E-state index contributed by atoms with van der Waals surface area (Å²) in [5, 5.41) is 3.17. The molecule has 102 valence electrons. The summed E-state index contributed by atoms with van der Waals surface area (Å²) in [5.41, 5.74) is 0.0874. The Kier molecular flexibility index (Phi) is 5.44. The fourth-order valence-electron chi connectivity index (χ4n) is 2.15. The molecule has 0 bridgehead atoms.